The molecule has 5 aromatic carbocycles. The second-order valence-corrected chi connectivity index (χ2v) is 21.8. The van der Waals surface area contributed by atoms with E-state index in [0.29, 0.717) is 23.3 Å². The van der Waals surface area contributed by atoms with Crippen LogP contribution in [0.2, 0.25) is 0 Å². The first-order chi connectivity index (χ1) is 34.0. The number of hydrogen-bond acceptors (Lipinski definition) is 0. The zero-order valence-electron chi connectivity index (χ0n) is 42.7. The minimum atomic E-state index is -0.797. The summed E-state index contributed by atoms with van der Waals surface area (Å²) in [5, 5.41) is 0. The summed E-state index contributed by atoms with van der Waals surface area (Å²) in [5.74, 6) is 2.94. The lowest BCUT2D eigenvalue weighted by Gasteiger charge is -2.37. The molecule has 0 amide bonds. The maximum Gasteiger partial charge on any atom is 0.159 e. The van der Waals surface area contributed by atoms with E-state index in [2.05, 4.69) is 62.9 Å². The maximum absolute atomic E-state index is 13.8. The normalized spacial score (nSPS) is 24.6. The fourth-order valence-electron chi connectivity index (χ4n) is 12.5. The minimum Gasteiger partial charge on any atom is -0.207 e. The molecule has 70 heavy (non-hydrogen) atoms. The third kappa shape index (κ3) is 15.0. The molecule has 4 saturated carbocycles. The number of hydrogen-bond donors (Lipinski definition) is 0. The Morgan fingerprint density at radius 2 is 0.814 bits per heavy atom. The van der Waals surface area contributed by atoms with Gasteiger partial charge in [0.2, 0.25) is 0 Å². The van der Waals surface area contributed by atoms with E-state index in [9.17, 15) is 22.0 Å². The summed E-state index contributed by atoms with van der Waals surface area (Å²) in [4.78, 5) is 0. The van der Waals surface area contributed by atoms with E-state index in [4.69, 9.17) is 0 Å². The fourth-order valence-corrected chi connectivity index (χ4v) is 12.5. The van der Waals surface area contributed by atoms with Crippen molar-refractivity contribution in [2.24, 2.45) is 29.6 Å². The molecule has 0 atom stereocenters. The van der Waals surface area contributed by atoms with Crippen LogP contribution in [0, 0.1) is 65.6 Å². The quantitative estimate of drug-likeness (QED) is 0.0627. The highest BCUT2D eigenvalue weighted by atomic mass is 19.2. The Kier molecular flexibility index (Phi) is 20.4. The van der Waals surface area contributed by atoms with Crippen LogP contribution >= 0.6 is 0 Å². The molecule has 0 bridgehead atoms. The van der Waals surface area contributed by atoms with Crippen LogP contribution in [0.3, 0.4) is 0 Å². The van der Waals surface area contributed by atoms with Crippen LogP contribution in [0.25, 0.3) is 22.3 Å². The SMILES string of the molecule is C=CC1CCC(C2CCC(c3ccc(F)c(F)c3)CC2)CC1.CCCC1CCC(c2ccc(-c3ccc(F)c(F)c3)cc2)CC1.CCCCCC1CCC(c2ccc(-c3ccc(C)c(F)c3)cc2)CC1. The average Bonchev–Trinajstić information content (AvgIpc) is 3.40. The van der Waals surface area contributed by atoms with Crippen molar-refractivity contribution in [3.05, 3.63) is 167 Å². The summed E-state index contributed by atoms with van der Waals surface area (Å²) in [6, 6.07) is 31.2. The zero-order valence-corrected chi connectivity index (χ0v) is 42.7. The Morgan fingerprint density at radius 3 is 1.29 bits per heavy atom. The van der Waals surface area contributed by atoms with Crippen molar-refractivity contribution in [3.63, 3.8) is 0 Å². The molecule has 376 valence electrons. The van der Waals surface area contributed by atoms with Crippen LogP contribution < -0.4 is 0 Å². The third-order valence-electron chi connectivity index (χ3n) is 17.1. The van der Waals surface area contributed by atoms with Crippen molar-refractivity contribution in [3.8, 4) is 22.3 Å². The van der Waals surface area contributed by atoms with E-state index in [0.717, 1.165) is 70.2 Å². The van der Waals surface area contributed by atoms with Gasteiger partial charge in [-0.25, -0.2) is 22.0 Å². The van der Waals surface area contributed by atoms with Crippen molar-refractivity contribution in [2.45, 2.75) is 180 Å². The smallest absolute Gasteiger partial charge is 0.159 e. The number of rotatable bonds is 13. The number of benzene rings is 5. The van der Waals surface area contributed by atoms with Crippen molar-refractivity contribution < 1.29 is 22.0 Å². The van der Waals surface area contributed by atoms with Crippen molar-refractivity contribution in [1.82, 2.24) is 0 Å². The molecule has 0 radical (unpaired) electrons. The van der Waals surface area contributed by atoms with Crippen molar-refractivity contribution >= 4 is 0 Å². The van der Waals surface area contributed by atoms with Gasteiger partial charge in [-0.15, -0.1) is 6.58 Å². The number of allylic oxidation sites excluding steroid dienone is 1. The second-order valence-electron chi connectivity index (χ2n) is 21.8. The van der Waals surface area contributed by atoms with Crippen LogP contribution in [0.1, 0.15) is 195 Å². The van der Waals surface area contributed by atoms with Gasteiger partial charge in [-0.2, -0.15) is 0 Å². The Labute approximate surface area is 419 Å². The molecule has 4 fully saturated rings. The van der Waals surface area contributed by atoms with Crippen molar-refractivity contribution in [2.75, 3.05) is 0 Å². The molecule has 0 unspecified atom stereocenters. The monoisotopic (exact) mass is 957 g/mol. The molecule has 5 aromatic rings. The van der Waals surface area contributed by atoms with Crippen molar-refractivity contribution in [1.29, 1.82) is 0 Å². The minimum absolute atomic E-state index is 0.122. The predicted molar refractivity (Wildman–Crippen MR) is 284 cm³/mol. The summed E-state index contributed by atoms with van der Waals surface area (Å²) in [5.41, 5.74) is 8.26. The molecular weight excluding hydrogens is 876 g/mol. The molecule has 0 aliphatic heterocycles. The third-order valence-corrected chi connectivity index (χ3v) is 17.1. The maximum atomic E-state index is 13.8. The molecule has 9 rings (SSSR count). The predicted octanol–water partition coefficient (Wildman–Crippen LogP) is 20.6. The first kappa shape index (κ1) is 53.3. The fraction of sp³-hybridized carbons (Fsp3) is 0.508. The van der Waals surface area contributed by atoms with E-state index in [1.54, 1.807) is 25.1 Å². The second kappa shape index (κ2) is 26.8. The Morgan fingerprint density at radius 1 is 0.400 bits per heavy atom. The average molecular weight is 957 g/mol. The van der Waals surface area contributed by atoms with Gasteiger partial charge in [0.15, 0.2) is 23.3 Å². The van der Waals surface area contributed by atoms with Crippen LogP contribution in [0.5, 0.6) is 0 Å². The highest BCUT2D eigenvalue weighted by molar-refractivity contribution is 5.65. The summed E-state index contributed by atoms with van der Waals surface area (Å²) >= 11 is 0. The van der Waals surface area contributed by atoms with Gasteiger partial charge in [-0.3, -0.25) is 0 Å². The first-order valence-electron chi connectivity index (χ1n) is 27.5. The number of halogens is 5. The molecule has 4 aliphatic rings. The zero-order chi connectivity index (χ0) is 49.4. The van der Waals surface area contributed by atoms with Crippen LogP contribution in [0.15, 0.2) is 116 Å². The first-order valence-corrected chi connectivity index (χ1v) is 27.5. The van der Waals surface area contributed by atoms with Gasteiger partial charge < -0.3 is 0 Å². The molecule has 0 heterocycles. The lowest BCUT2D eigenvalue weighted by Crippen LogP contribution is -2.25. The topological polar surface area (TPSA) is 0 Å². The van der Waals surface area contributed by atoms with Gasteiger partial charge in [-0.1, -0.05) is 131 Å². The molecule has 0 saturated heterocycles. The van der Waals surface area contributed by atoms with Gasteiger partial charge in [0.05, 0.1) is 0 Å². The summed E-state index contributed by atoms with van der Waals surface area (Å²) in [7, 11) is 0. The largest absolute Gasteiger partial charge is 0.207 e. The highest BCUT2D eigenvalue weighted by Gasteiger charge is 2.31. The van der Waals surface area contributed by atoms with Crippen LogP contribution in [0.4, 0.5) is 22.0 Å². The molecular formula is C65H81F5. The van der Waals surface area contributed by atoms with Crippen LogP contribution in [-0.4, -0.2) is 0 Å². The van der Waals surface area contributed by atoms with E-state index >= 15 is 0 Å². The van der Waals surface area contributed by atoms with Crippen LogP contribution in [-0.2, 0) is 0 Å². The number of aryl methyl sites for hydroxylation is 1. The van der Waals surface area contributed by atoms with E-state index < -0.39 is 23.3 Å². The Bertz CT molecular complexity index is 2330. The van der Waals surface area contributed by atoms with Gasteiger partial charge in [-0.05, 0) is 232 Å². The summed E-state index contributed by atoms with van der Waals surface area (Å²) < 4.78 is 66.6. The molecule has 0 N–H and O–H groups in total. The van der Waals surface area contributed by atoms with E-state index in [1.807, 2.05) is 24.3 Å². The van der Waals surface area contributed by atoms with Gasteiger partial charge >= 0.3 is 0 Å². The summed E-state index contributed by atoms with van der Waals surface area (Å²) in [6.45, 7) is 10.3. The lowest BCUT2D eigenvalue weighted by molar-refractivity contribution is 0.171. The summed E-state index contributed by atoms with van der Waals surface area (Å²) in [6.07, 6.45) is 31.0. The lowest BCUT2D eigenvalue weighted by atomic mass is 9.68. The highest BCUT2D eigenvalue weighted by Crippen LogP contribution is 2.45. The molecule has 5 heteroatoms. The molecule has 4 aliphatic carbocycles. The number of unbranched alkanes of at least 4 members (excludes halogenated alkanes) is 2. The molecule has 0 aromatic heterocycles. The van der Waals surface area contributed by atoms with E-state index in [-0.39, 0.29) is 5.82 Å². The standard InChI is InChI=1S/C24H31F.C21H24F2.C20H26F2/c1-3-4-5-6-19-8-11-20(12-9-19)21-13-15-22(16-14-21)23-10-7-18(2)24(25)17-23;1-2-3-15-4-6-16(7-5-15)17-8-10-18(11-9-17)19-12-13-20(22)21(23)14-19;1-2-14-3-5-15(6-4-14)16-7-9-17(10-8-16)18-11-12-19(21)20(22)13-18/h7,10,13-17,19-20H,3-6,8-9,11-12H2,1-2H3;8-16H,2-7H2,1H3;2,11-17H,1,3-10H2. The molecule has 0 spiro atoms. The van der Waals surface area contributed by atoms with Gasteiger partial charge in [0, 0.05) is 0 Å². The van der Waals surface area contributed by atoms with Gasteiger partial charge in [0.1, 0.15) is 5.82 Å². The Hall–Kier alpha value is -4.51. The molecule has 0 nitrogen and oxygen atoms in total. The Balaban J connectivity index is 0.000000155. The van der Waals surface area contributed by atoms with E-state index in [1.165, 1.54) is 164 Å². The van der Waals surface area contributed by atoms with Gasteiger partial charge in [0.25, 0.3) is 0 Å².